The van der Waals surface area contributed by atoms with E-state index in [0.717, 1.165) is 95.6 Å². The van der Waals surface area contributed by atoms with Crippen LogP contribution in [0.3, 0.4) is 0 Å². The Bertz CT molecular complexity index is 6080. The molecule has 10 aromatic heterocycles. The summed E-state index contributed by atoms with van der Waals surface area (Å²) in [5, 5.41) is 24.3. The number of nitrogens with zero attached hydrogens (tertiary/aromatic N) is 10. The number of fused-ring (bicyclic) bond motifs is 14. The standard InChI is InChI=1S/C68H34F2N10O8S6/c69-33-21-38-48(39(70)22-33)60(82)62(84)50(38)74-41-26-72-54(56-52(41)76-94-78-56)47-24-43-64(92-47)66-58(80(43)68(86)88-28-30-11-5-2-6-12-30)36-18-16-32(20-45(36)90-66)31-15-17-34-37(19-31)59(81)61(83)49(34)73-40-25-71-53(55-51(40)75-93-77-55)46-23-42-63(91-46)65-57(35-13-7-8-14-44(35)89-65)79(42)67(85)87-27-29-9-3-1-4-10-29/h1-26,61-62,83-84H,27-28H2. The van der Waals surface area contributed by atoms with E-state index in [0.29, 0.717) is 72.2 Å². The highest BCUT2D eigenvalue weighted by molar-refractivity contribution is 7.33. The van der Waals surface area contributed by atoms with Gasteiger partial charge in [-0.1, -0.05) is 103 Å². The molecular formula is C68H34F2N10O8S6. The molecule has 454 valence electrons. The van der Waals surface area contributed by atoms with Crippen LogP contribution in [0.15, 0.2) is 168 Å². The molecule has 2 aliphatic rings. The third-order valence-corrected chi connectivity index (χ3v) is 22.7. The van der Waals surface area contributed by atoms with Crippen LogP contribution in [0.1, 0.15) is 43.0 Å². The zero-order valence-corrected chi connectivity index (χ0v) is 52.5. The maximum Gasteiger partial charge on any atom is 0.419 e. The lowest BCUT2D eigenvalue weighted by Gasteiger charge is -2.08. The molecule has 0 radical (unpaired) electrons. The summed E-state index contributed by atoms with van der Waals surface area (Å²) in [6.45, 7) is 0.101. The molecule has 0 amide bonds. The zero-order valence-electron chi connectivity index (χ0n) is 47.6. The molecule has 0 fully saturated rings. The first-order chi connectivity index (χ1) is 45.9. The number of aliphatic hydroxyl groups is 2. The van der Waals surface area contributed by atoms with E-state index in [4.69, 9.17) is 24.4 Å². The summed E-state index contributed by atoms with van der Waals surface area (Å²) in [5.41, 5.74) is 8.56. The predicted octanol–water partition coefficient (Wildman–Crippen LogP) is 16.3. The first-order valence-corrected chi connectivity index (χ1v) is 33.5. The summed E-state index contributed by atoms with van der Waals surface area (Å²) in [7, 11) is 0. The van der Waals surface area contributed by atoms with Crippen molar-refractivity contribution in [2.45, 2.75) is 25.4 Å². The number of rotatable bonds is 9. The van der Waals surface area contributed by atoms with Crippen LogP contribution in [-0.4, -0.2) is 94.2 Å². The average Bonchev–Trinajstić information content (AvgIpc) is 1.56. The van der Waals surface area contributed by atoms with Gasteiger partial charge in [-0.2, -0.15) is 17.5 Å². The zero-order chi connectivity index (χ0) is 63.4. The SMILES string of the molecule is O=C1c2cc(-c3ccc4c(c3)sc3c5sc(-c6ncc(N=C7c8cc(F)cc(F)c8C(=O)C7O)c7nsnc67)cc5n(C(=O)OCc5ccccc5)c43)ccc2C(=Nc2cnc(-c3cc4c(s3)c3sc5ccccc5c3n4C(=O)OCc3ccccc3)c3nsnc23)C1O. The molecule has 6 aromatic carbocycles. The highest BCUT2D eigenvalue weighted by atomic mass is 32.1. The van der Waals surface area contributed by atoms with Gasteiger partial charge in [0.15, 0.2) is 18.0 Å². The van der Waals surface area contributed by atoms with Crippen LogP contribution in [0.4, 0.5) is 29.7 Å². The van der Waals surface area contributed by atoms with E-state index in [2.05, 4.69) is 22.5 Å². The Morgan fingerprint density at radius 2 is 1.02 bits per heavy atom. The first kappa shape index (κ1) is 56.3. The Kier molecular flexibility index (Phi) is 12.9. The maximum atomic E-state index is 14.8. The number of carbonyl (C=O) groups is 4. The van der Waals surface area contributed by atoms with Crippen LogP contribution < -0.4 is 0 Å². The van der Waals surface area contributed by atoms with E-state index in [1.54, 1.807) is 38.8 Å². The Balaban J connectivity index is 0.681. The summed E-state index contributed by atoms with van der Waals surface area (Å²) in [6, 6.07) is 43.3. The molecule has 0 bridgehead atoms. The van der Waals surface area contributed by atoms with Gasteiger partial charge in [0.1, 0.15) is 69.7 Å². The molecule has 16 aromatic rings. The second-order valence-corrected chi connectivity index (χ2v) is 27.4. The van der Waals surface area contributed by atoms with Crippen molar-refractivity contribution in [3.05, 3.63) is 203 Å². The number of Topliss-reactive ketones (excluding diaryl/α,β-unsaturated/α-hetero) is 2. The Morgan fingerprint density at radius 3 is 1.63 bits per heavy atom. The molecule has 26 heteroatoms. The van der Waals surface area contributed by atoms with Crippen molar-refractivity contribution >= 4 is 198 Å². The predicted molar refractivity (Wildman–Crippen MR) is 363 cm³/mol. The van der Waals surface area contributed by atoms with Gasteiger partial charge in [0.05, 0.1) is 103 Å². The van der Waals surface area contributed by atoms with Gasteiger partial charge in [-0.25, -0.2) is 37.5 Å². The minimum absolute atomic E-state index is 0.00224. The smallest absolute Gasteiger partial charge is 0.419 e. The normalized spacial score (nSPS) is 15.7. The second-order valence-electron chi connectivity index (χ2n) is 22.2. The fourth-order valence-corrected chi connectivity index (χ4v) is 18.5. The number of aromatic nitrogens is 8. The molecule has 2 aliphatic carbocycles. The minimum Gasteiger partial charge on any atom is -0.444 e. The third kappa shape index (κ3) is 8.71. The van der Waals surface area contributed by atoms with Gasteiger partial charge in [0, 0.05) is 42.9 Å². The molecule has 2 unspecified atom stereocenters. The van der Waals surface area contributed by atoms with Crippen LogP contribution >= 0.6 is 68.8 Å². The Morgan fingerprint density at radius 1 is 0.511 bits per heavy atom. The van der Waals surface area contributed by atoms with Gasteiger partial charge >= 0.3 is 12.2 Å². The summed E-state index contributed by atoms with van der Waals surface area (Å²) >= 11 is 7.80. The Labute approximate surface area is 549 Å². The van der Waals surface area contributed by atoms with Crippen molar-refractivity contribution < 1.29 is 47.6 Å². The molecule has 0 spiro atoms. The number of pyridine rings is 2. The van der Waals surface area contributed by atoms with E-state index >= 15 is 0 Å². The van der Waals surface area contributed by atoms with Crippen LogP contribution in [-0.2, 0) is 22.7 Å². The van der Waals surface area contributed by atoms with Crippen molar-refractivity contribution in [2.75, 3.05) is 0 Å². The van der Waals surface area contributed by atoms with E-state index in [-0.39, 0.29) is 47.0 Å². The first-order valence-electron chi connectivity index (χ1n) is 28.8. The number of aliphatic imine (C=N–C) groups is 2. The molecule has 18 nitrogen and oxygen atoms in total. The lowest BCUT2D eigenvalue weighted by atomic mass is 9.99. The average molecular weight is 1350 g/mol. The molecule has 2 atom stereocenters. The minimum atomic E-state index is -1.85. The Hall–Kier alpha value is -10.4. The van der Waals surface area contributed by atoms with Crippen LogP contribution in [0.25, 0.3) is 115 Å². The van der Waals surface area contributed by atoms with Crippen molar-refractivity contribution in [1.82, 2.24) is 36.6 Å². The number of thiophene rings is 4. The molecule has 0 aliphatic heterocycles. The van der Waals surface area contributed by atoms with E-state index in [1.807, 2.05) is 121 Å². The highest BCUT2D eigenvalue weighted by Gasteiger charge is 2.40. The fourth-order valence-electron chi connectivity index (χ4n) is 12.4. The van der Waals surface area contributed by atoms with Gasteiger partial charge in [0.25, 0.3) is 0 Å². The van der Waals surface area contributed by atoms with Crippen LogP contribution in [0.5, 0.6) is 0 Å². The third-order valence-electron chi connectivity index (χ3n) is 16.8. The maximum absolute atomic E-state index is 14.8. The van der Waals surface area contributed by atoms with Gasteiger partial charge in [-0.05, 0) is 58.7 Å². The number of hydrogen-bond acceptors (Lipinski definition) is 22. The largest absolute Gasteiger partial charge is 0.444 e. The molecule has 94 heavy (non-hydrogen) atoms. The summed E-state index contributed by atoms with van der Waals surface area (Å²) in [6.07, 6.45) is -1.62. The monoisotopic (exact) mass is 1350 g/mol. The topological polar surface area (TPSA) is 239 Å². The molecule has 2 N–H and O–H groups in total. The van der Waals surface area contributed by atoms with Crippen molar-refractivity contribution in [3.63, 3.8) is 0 Å². The van der Waals surface area contributed by atoms with Crippen molar-refractivity contribution in [3.8, 4) is 32.3 Å². The summed E-state index contributed by atoms with van der Waals surface area (Å²) in [4.78, 5) is 76.1. The molecule has 0 saturated carbocycles. The van der Waals surface area contributed by atoms with Gasteiger partial charge < -0.3 is 19.7 Å². The van der Waals surface area contributed by atoms with Gasteiger partial charge in [0.2, 0.25) is 5.78 Å². The molecule has 0 saturated heterocycles. The number of benzene rings is 6. The molecular weight excluding hydrogens is 1320 g/mol. The van der Waals surface area contributed by atoms with E-state index in [9.17, 15) is 38.2 Å². The summed E-state index contributed by atoms with van der Waals surface area (Å²) < 4.78 is 68.0. The fraction of sp³-hybridized carbons (Fsp3) is 0.0588. The van der Waals surface area contributed by atoms with E-state index < -0.39 is 53.2 Å². The number of hydrogen-bond donors (Lipinski definition) is 2. The lowest BCUT2D eigenvalue weighted by Crippen LogP contribution is -2.21. The van der Waals surface area contributed by atoms with Gasteiger partial charge in [-0.15, -0.1) is 45.3 Å². The van der Waals surface area contributed by atoms with Crippen LogP contribution in [0, 0.1) is 11.6 Å². The quantitative estimate of drug-likeness (QED) is 0.137. The van der Waals surface area contributed by atoms with Gasteiger partial charge in [-0.3, -0.25) is 19.6 Å². The van der Waals surface area contributed by atoms with Crippen molar-refractivity contribution in [2.24, 2.45) is 9.98 Å². The number of halogens is 2. The number of ether oxygens (including phenoxy) is 2. The lowest BCUT2D eigenvalue weighted by molar-refractivity contribution is 0.0849. The van der Waals surface area contributed by atoms with E-state index in [1.165, 1.54) is 40.2 Å². The number of ketones is 2. The van der Waals surface area contributed by atoms with Crippen molar-refractivity contribution in [1.29, 1.82) is 0 Å². The molecule has 10 heterocycles. The van der Waals surface area contributed by atoms with Crippen LogP contribution in [0.2, 0.25) is 0 Å². The highest BCUT2D eigenvalue weighted by Crippen LogP contribution is 2.50. The number of aliphatic hydroxyl groups excluding tert-OH is 2. The summed E-state index contributed by atoms with van der Waals surface area (Å²) in [5.74, 6) is -3.52. The second kappa shape index (κ2) is 21.6. The molecule has 18 rings (SSSR count). The number of carbonyl (C=O) groups excluding carboxylic acids is 4.